The van der Waals surface area contributed by atoms with Crippen LogP contribution < -0.4 is 0 Å². The number of Topliss-reactive ketones (excluding diaryl/α,β-unsaturated/α-hetero) is 1. The predicted octanol–water partition coefficient (Wildman–Crippen LogP) is 3.27. The van der Waals surface area contributed by atoms with E-state index in [2.05, 4.69) is 0 Å². The summed E-state index contributed by atoms with van der Waals surface area (Å²) in [4.78, 5) is 22.8. The van der Waals surface area contributed by atoms with Gasteiger partial charge in [0.05, 0.1) is 5.41 Å². The molecule has 0 saturated heterocycles. The minimum absolute atomic E-state index is 0.0523. The molecule has 0 saturated carbocycles. The summed E-state index contributed by atoms with van der Waals surface area (Å²) in [6, 6.07) is 0. The number of carboxylic acids is 1. The van der Waals surface area contributed by atoms with Crippen molar-refractivity contribution in [2.45, 2.75) is 60.3 Å². The molecule has 1 N–H and O–H groups in total. The molecule has 16 heavy (non-hydrogen) atoms. The maximum absolute atomic E-state index is 11.4. The SMILES string of the molecule is CCCCC(C)(CC(C)(C)C(C)=O)C(=O)O. The molecule has 0 fully saturated rings. The van der Waals surface area contributed by atoms with Crippen LogP contribution in [-0.4, -0.2) is 16.9 Å². The van der Waals surface area contributed by atoms with Gasteiger partial charge in [-0.2, -0.15) is 0 Å². The lowest BCUT2D eigenvalue weighted by molar-refractivity contribution is -0.151. The molecule has 0 aliphatic carbocycles. The summed E-state index contributed by atoms with van der Waals surface area (Å²) in [7, 11) is 0. The Bertz CT molecular complexity index is 268. The molecular weight excluding hydrogens is 204 g/mol. The van der Waals surface area contributed by atoms with Crippen LogP contribution in [-0.2, 0) is 9.59 Å². The molecule has 0 aromatic heterocycles. The number of hydrogen-bond acceptors (Lipinski definition) is 2. The van der Waals surface area contributed by atoms with E-state index in [9.17, 15) is 14.7 Å². The third-order valence-corrected chi connectivity index (χ3v) is 3.38. The van der Waals surface area contributed by atoms with Gasteiger partial charge in [-0.25, -0.2) is 0 Å². The average Bonchev–Trinajstić information content (AvgIpc) is 2.13. The van der Waals surface area contributed by atoms with Crippen molar-refractivity contribution >= 4 is 11.8 Å². The summed E-state index contributed by atoms with van der Waals surface area (Å²) in [5.74, 6) is -0.744. The first-order valence-corrected chi connectivity index (χ1v) is 5.90. The predicted molar refractivity (Wildman–Crippen MR) is 64.3 cm³/mol. The Morgan fingerprint density at radius 3 is 2.00 bits per heavy atom. The first-order chi connectivity index (χ1) is 7.15. The monoisotopic (exact) mass is 228 g/mol. The average molecular weight is 228 g/mol. The van der Waals surface area contributed by atoms with Crippen molar-refractivity contribution in [2.24, 2.45) is 10.8 Å². The Morgan fingerprint density at radius 2 is 1.69 bits per heavy atom. The molecule has 0 radical (unpaired) electrons. The van der Waals surface area contributed by atoms with Gasteiger partial charge in [-0.05, 0) is 26.7 Å². The Kier molecular flexibility index (Phi) is 5.17. The van der Waals surface area contributed by atoms with Gasteiger partial charge in [-0.1, -0.05) is 33.6 Å². The summed E-state index contributed by atoms with van der Waals surface area (Å²) in [5.41, 5.74) is -1.34. The highest BCUT2D eigenvalue weighted by atomic mass is 16.4. The molecule has 0 spiro atoms. The number of aliphatic carboxylic acids is 1. The van der Waals surface area contributed by atoms with Gasteiger partial charge in [-0.15, -0.1) is 0 Å². The second kappa shape index (κ2) is 5.46. The number of unbranched alkanes of at least 4 members (excludes halogenated alkanes) is 1. The van der Waals surface area contributed by atoms with Crippen LogP contribution in [0.1, 0.15) is 60.3 Å². The van der Waals surface area contributed by atoms with Crippen LogP contribution in [0, 0.1) is 10.8 Å². The zero-order valence-corrected chi connectivity index (χ0v) is 11.1. The zero-order chi connectivity index (χ0) is 13.0. The van der Waals surface area contributed by atoms with Crippen LogP contribution in [0.4, 0.5) is 0 Å². The highest BCUT2D eigenvalue weighted by Crippen LogP contribution is 2.38. The maximum atomic E-state index is 11.4. The lowest BCUT2D eigenvalue weighted by Gasteiger charge is -2.33. The van der Waals surface area contributed by atoms with Crippen molar-refractivity contribution in [3.63, 3.8) is 0 Å². The number of ketones is 1. The van der Waals surface area contributed by atoms with Gasteiger partial charge in [-0.3, -0.25) is 9.59 Å². The number of hydrogen-bond donors (Lipinski definition) is 1. The molecule has 1 unspecified atom stereocenters. The molecule has 0 amide bonds. The van der Waals surface area contributed by atoms with Gasteiger partial charge in [0.15, 0.2) is 0 Å². The minimum Gasteiger partial charge on any atom is -0.481 e. The standard InChI is InChI=1S/C13H24O3/c1-6-7-8-13(5,11(15)16)9-12(3,4)10(2)14/h6-9H2,1-5H3,(H,15,16). The minimum atomic E-state index is -0.796. The Balaban J connectivity index is 4.81. The third kappa shape index (κ3) is 3.95. The van der Waals surface area contributed by atoms with Crippen molar-refractivity contribution in [2.75, 3.05) is 0 Å². The fourth-order valence-corrected chi connectivity index (χ4v) is 1.94. The van der Waals surface area contributed by atoms with Crippen molar-refractivity contribution < 1.29 is 14.7 Å². The topological polar surface area (TPSA) is 54.4 Å². The number of rotatable bonds is 7. The van der Waals surface area contributed by atoms with E-state index in [1.165, 1.54) is 6.92 Å². The summed E-state index contributed by atoms with van der Waals surface area (Å²) in [5, 5.41) is 9.29. The van der Waals surface area contributed by atoms with Crippen LogP contribution in [0.25, 0.3) is 0 Å². The molecule has 0 aromatic rings. The summed E-state index contributed by atoms with van der Waals surface area (Å²) >= 11 is 0. The molecule has 0 heterocycles. The highest BCUT2D eigenvalue weighted by molar-refractivity contribution is 5.83. The van der Waals surface area contributed by atoms with Crippen molar-refractivity contribution in [3.8, 4) is 0 Å². The van der Waals surface area contributed by atoms with Gasteiger partial charge in [0, 0.05) is 5.41 Å². The van der Waals surface area contributed by atoms with Gasteiger partial charge < -0.3 is 5.11 Å². The Labute approximate surface area is 98.2 Å². The van der Waals surface area contributed by atoms with Crippen LogP contribution >= 0.6 is 0 Å². The summed E-state index contributed by atoms with van der Waals surface area (Å²) in [6.07, 6.45) is 2.90. The van der Waals surface area contributed by atoms with Gasteiger partial charge >= 0.3 is 5.97 Å². The van der Waals surface area contributed by atoms with Crippen molar-refractivity contribution in [1.29, 1.82) is 0 Å². The van der Waals surface area contributed by atoms with E-state index >= 15 is 0 Å². The van der Waals surface area contributed by atoms with Crippen LogP contribution in [0.3, 0.4) is 0 Å². The van der Waals surface area contributed by atoms with Gasteiger partial charge in [0.2, 0.25) is 0 Å². The zero-order valence-electron chi connectivity index (χ0n) is 11.1. The first-order valence-electron chi connectivity index (χ1n) is 5.90. The fraction of sp³-hybridized carbons (Fsp3) is 0.846. The molecule has 3 nitrogen and oxygen atoms in total. The van der Waals surface area contributed by atoms with Crippen LogP contribution in [0.2, 0.25) is 0 Å². The number of carbonyl (C=O) groups is 2. The second-order valence-electron chi connectivity index (χ2n) is 5.59. The van der Waals surface area contributed by atoms with Crippen molar-refractivity contribution in [1.82, 2.24) is 0 Å². The molecular formula is C13H24O3. The molecule has 0 rings (SSSR count). The lowest BCUT2D eigenvalue weighted by Crippen LogP contribution is -2.36. The third-order valence-electron chi connectivity index (χ3n) is 3.38. The van der Waals surface area contributed by atoms with E-state index in [-0.39, 0.29) is 5.78 Å². The van der Waals surface area contributed by atoms with E-state index in [1.54, 1.807) is 6.92 Å². The van der Waals surface area contributed by atoms with E-state index in [0.717, 1.165) is 12.8 Å². The number of carbonyl (C=O) groups excluding carboxylic acids is 1. The van der Waals surface area contributed by atoms with Crippen LogP contribution in [0.5, 0.6) is 0 Å². The van der Waals surface area contributed by atoms with E-state index in [4.69, 9.17) is 0 Å². The lowest BCUT2D eigenvalue weighted by atomic mass is 9.70. The molecule has 94 valence electrons. The quantitative estimate of drug-likeness (QED) is 0.727. The van der Waals surface area contributed by atoms with E-state index in [0.29, 0.717) is 12.8 Å². The molecule has 3 heteroatoms. The molecule has 0 bridgehead atoms. The number of carboxylic acid groups (broad SMARTS) is 1. The summed E-state index contributed by atoms with van der Waals surface area (Å²) in [6.45, 7) is 8.96. The first kappa shape index (κ1) is 15.1. The molecule has 0 aromatic carbocycles. The largest absolute Gasteiger partial charge is 0.481 e. The van der Waals surface area contributed by atoms with E-state index < -0.39 is 16.8 Å². The maximum Gasteiger partial charge on any atom is 0.309 e. The van der Waals surface area contributed by atoms with Gasteiger partial charge in [0.1, 0.15) is 5.78 Å². The molecule has 0 aliphatic heterocycles. The Hall–Kier alpha value is -0.860. The highest BCUT2D eigenvalue weighted by Gasteiger charge is 2.40. The molecule has 1 atom stereocenters. The van der Waals surface area contributed by atoms with Crippen LogP contribution in [0.15, 0.2) is 0 Å². The van der Waals surface area contributed by atoms with E-state index in [1.807, 2.05) is 20.8 Å². The fourth-order valence-electron chi connectivity index (χ4n) is 1.94. The smallest absolute Gasteiger partial charge is 0.309 e. The second-order valence-corrected chi connectivity index (χ2v) is 5.59. The van der Waals surface area contributed by atoms with Gasteiger partial charge in [0.25, 0.3) is 0 Å². The summed E-state index contributed by atoms with van der Waals surface area (Å²) < 4.78 is 0. The molecule has 0 aliphatic rings. The normalized spacial score (nSPS) is 15.6. The van der Waals surface area contributed by atoms with Crippen molar-refractivity contribution in [3.05, 3.63) is 0 Å². The Morgan fingerprint density at radius 1 is 1.19 bits per heavy atom.